The van der Waals surface area contributed by atoms with Crippen LogP contribution in [-0.4, -0.2) is 7.05 Å². The molecule has 0 aliphatic heterocycles. The summed E-state index contributed by atoms with van der Waals surface area (Å²) in [5.74, 6) is -0.120. The lowest BCUT2D eigenvalue weighted by atomic mass is 9.98. The van der Waals surface area contributed by atoms with Gasteiger partial charge in [-0.3, -0.25) is 0 Å². The van der Waals surface area contributed by atoms with Crippen molar-refractivity contribution < 1.29 is 4.39 Å². The maximum atomic E-state index is 13.8. The van der Waals surface area contributed by atoms with Gasteiger partial charge in [-0.25, -0.2) is 4.39 Å². The zero-order valence-corrected chi connectivity index (χ0v) is 11.6. The molecular formula is C15H18FNS. The molecule has 0 aliphatic rings. The van der Waals surface area contributed by atoms with E-state index in [-0.39, 0.29) is 11.9 Å². The summed E-state index contributed by atoms with van der Waals surface area (Å²) in [5.41, 5.74) is 3.20. The molecule has 1 atom stereocenters. The molecule has 1 aromatic carbocycles. The molecule has 0 radical (unpaired) electrons. The molecule has 0 amide bonds. The number of thiophene rings is 1. The zero-order chi connectivity index (χ0) is 13.0. The van der Waals surface area contributed by atoms with E-state index in [0.29, 0.717) is 0 Å². The molecule has 18 heavy (non-hydrogen) atoms. The second-order valence-corrected chi connectivity index (χ2v) is 5.32. The molecule has 0 spiro atoms. The Morgan fingerprint density at radius 3 is 2.83 bits per heavy atom. The van der Waals surface area contributed by atoms with Gasteiger partial charge in [-0.2, -0.15) is 11.3 Å². The second kappa shape index (κ2) is 6.12. The lowest BCUT2D eigenvalue weighted by molar-refractivity contribution is 0.508. The van der Waals surface area contributed by atoms with Gasteiger partial charge in [0, 0.05) is 11.6 Å². The highest BCUT2D eigenvalue weighted by Gasteiger charge is 2.14. The van der Waals surface area contributed by atoms with Crippen LogP contribution in [0, 0.1) is 12.7 Å². The van der Waals surface area contributed by atoms with E-state index in [1.165, 1.54) is 5.56 Å². The zero-order valence-electron chi connectivity index (χ0n) is 10.7. The van der Waals surface area contributed by atoms with E-state index in [1.54, 1.807) is 17.4 Å². The summed E-state index contributed by atoms with van der Waals surface area (Å²) < 4.78 is 13.8. The Morgan fingerprint density at radius 1 is 1.33 bits per heavy atom. The summed E-state index contributed by atoms with van der Waals surface area (Å²) in [4.78, 5) is 0. The Bertz CT molecular complexity index is 493. The van der Waals surface area contributed by atoms with Gasteiger partial charge < -0.3 is 5.32 Å². The minimum absolute atomic E-state index is 0.0739. The van der Waals surface area contributed by atoms with Crippen molar-refractivity contribution in [3.63, 3.8) is 0 Å². The summed E-state index contributed by atoms with van der Waals surface area (Å²) >= 11 is 1.71. The Labute approximate surface area is 112 Å². The second-order valence-electron chi connectivity index (χ2n) is 4.54. The molecule has 96 valence electrons. The molecule has 1 N–H and O–H groups in total. The first-order valence-electron chi connectivity index (χ1n) is 6.15. The van der Waals surface area contributed by atoms with Crippen LogP contribution in [0.25, 0.3) is 0 Å². The third-order valence-electron chi connectivity index (χ3n) is 3.18. The first-order valence-corrected chi connectivity index (χ1v) is 7.09. The number of nitrogens with one attached hydrogen (secondary N) is 1. The fourth-order valence-corrected chi connectivity index (χ4v) is 2.83. The average Bonchev–Trinajstić information content (AvgIpc) is 2.87. The van der Waals surface area contributed by atoms with Gasteiger partial charge in [-0.1, -0.05) is 17.7 Å². The fraction of sp³-hybridized carbons (Fsp3) is 0.333. The van der Waals surface area contributed by atoms with Crippen molar-refractivity contribution in [1.29, 1.82) is 0 Å². The molecule has 2 aromatic rings. The molecule has 3 heteroatoms. The van der Waals surface area contributed by atoms with E-state index < -0.39 is 0 Å². The van der Waals surface area contributed by atoms with Crippen LogP contribution in [-0.2, 0) is 6.42 Å². The first-order chi connectivity index (χ1) is 8.70. The van der Waals surface area contributed by atoms with Crippen molar-refractivity contribution in [3.05, 3.63) is 57.5 Å². The lowest BCUT2D eigenvalue weighted by Crippen LogP contribution is -2.18. The van der Waals surface area contributed by atoms with Gasteiger partial charge in [0.05, 0.1) is 0 Å². The van der Waals surface area contributed by atoms with Gasteiger partial charge in [0.25, 0.3) is 0 Å². The predicted molar refractivity (Wildman–Crippen MR) is 75.6 cm³/mol. The van der Waals surface area contributed by atoms with Crippen LogP contribution in [0.4, 0.5) is 4.39 Å². The average molecular weight is 263 g/mol. The van der Waals surface area contributed by atoms with Crippen LogP contribution in [0.5, 0.6) is 0 Å². The predicted octanol–water partition coefficient (Wildman–Crippen LogP) is 4.09. The monoisotopic (exact) mass is 263 g/mol. The molecule has 1 unspecified atom stereocenters. The van der Waals surface area contributed by atoms with Crippen molar-refractivity contribution in [2.75, 3.05) is 7.05 Å². The van der Waals surface area contributed by atoms with Gasteiger partial charge >= 0.3 is 0 Å². The van der Waals surface area contributed by atoms with Gasteiger partial charge in [0.15, 0.2) is 0 Å². The van der Waals surface area contributed by atoms with E-state index in [2.05, 4.69) is 22.1 Å². The van der Waals surface area contributed by atoms with Gasteiger partial charge in [-0.15, -0.1) is 0 Å². The maximum Gasteiger partial charge on any atom is 0.127 e. The van der Waals surface area contributed by atoms with Gasteiger partial charge in [0.1, 0.15) is 5.82 Å². The third kappa shape index (κ3) is 3.18. The number of benzene rings is 1. The molecule has 1 nitrogen and oxygen atoms in total. The molecule has 1 aromatic heterocycles. The maximum absolute atomic E-state index is 13.8. The molecular weight excluding hydrogens is 245 g/mol. The van der Waals surface area contributed by atoms with E-state index >= 15 is 0 Å². The lowest BCUT2D eigenvalue weighted by Gasteiger charge is -2.17. The van der Waals surface area contributed by atoms with Gasteiger partial charge in [0.2, 0.25) is 0 Å². The van der Waals surface area contributed by atoms with Crippen molar-refractivity contribution >= 4 is 11.3 Å². The van der Waals surface area contributed by atoms with Crippen molar-refractivity contribution in [3.8, 4) is 0 Å². The van der Waals surface area contributed by atoms with Crippen LogP contribution >= 0.6 is 11.3 Å². The van der Waals surface area contributed by atoms with Crippen molar-refractivity contribution in [2.24, 2.45) is 0 Å². The summed E-state index contributed by atoms with van der Waals surface area (Å²) in [6.07, 6.45) is 1.88. The van der Waals surface area contributed by atoms with Crippen LogP contribution in [0.3, 0.4) is 0 Å². The molecule has 0 aliphatic carbocycles. The van der Waals surface area contributed by atoms with Crippen molar-refractivity contribution in [1.82, 2.24) is 5.32 Å². The highest BCUT2D eigenvalue weighted by molar-refractivity contribution is 7.07. The van der Waals surface area contributed by atoms with E-state index in [4.69, 9.17) is 0 Å². The molecule has 1 heterocycles. The van der Waals surface area contributed by atoms with E-state index in [9.17, 15) is 4.39 Å². The number of aryl methyl sites for hydroxylation is 2. The normalized spacial score (nSPS) is 12.6. The number of hydrogen-bond donors (Lipinski definition) is 1. The number of rotatable bonds is 5. The molecule has 0 bridgehead atoms. The highest BCUT2D eigenvalue weighted by Crippen LogP contribution is 2.23. The van der Waals surface area contributed by atoms with Crippen molar-refractivity contribution in [2.45, 2.75) is 25.8 Å². The smallest absolute Gasteiger partial charge is 0.127 e. The minimum atomic E-state index is -0.120. The largest absolute Gasteiger partial charge is 0.313 e. The van der Waals surface area contributed by atoms with Crippen LogP contribution in [0.1, 0.15) is 29.2 Å². The fourth-order valence-electron chi connectivity index (χ4n) is 2.13. The summed E-state index contributed by atoms with van der Waals surface area (Å²) in [6.45, 7) is 1.99. The quantitative estimate of drug-likeness (QED) is 0.856. The minimum Gasteiger partial charge on any atom is -0.313 e. The van der Waals surface area contributed by atoms with E-state index in [1.807, 2.05) is 26.1 Å². The Hall–Kier alpha value is -1.19. The van der Waals surface area contributed by atoms with Crippen LogP contribution in [0.2, 0.25) is 0 Å². The molecule has 2 rings (SSSR count). The molecule has 0 saturated carbocycles. The Kier molecular flexibility index (Phi) is 4.50. The van der Waals surface area contributed by atoms with E-state index in [0.717, 1.165) is 24.0 Å². The standard InChI is InChI=1S/C15H18FNS/c1-11-3-5-14(16)13(9-11)15(17-2)6-4-12-7-8-18-10-12/h3,5,7-10,15,17H,4,6H2,1-2H3. The Balaban J connectivity index is 2.10. The Morgan fingerprint density at radius 2 is 2.17 bits per heavy atom. The summed E-state index contributed by atoms with van der Waals surface area (Å²) in [5, 5.41) is 7.44. The van der Waals surface area contributed by atoms with Crippen LogP contribution < -0.4 is 5.32 Å². The van der Waals surface area contributed by atoms with Gasteiger partial charge in [-0.05, 0) is 55.3 Å². The number of halogens is 1. The topological polar surface area (TPSA) is 12.0 Å². The summed E-state index contributed by atoms with van der Waals surface area (Å²) in [6, 6.07) is 7.50. The first kappa shape index (κ1) is 13.2. The number of hydrogen-bond acceptors (Lipinski definition) is 2. The molecule has 0 saturated heterocycles. The SMILES string of the molecule is CNC(CCc1ccsc1)c1cc(C)ccc1F. The highest BCUT2D eigenvalue weighted by atomic mass is 32.1. The molecule has 0 fully saturated rings. The summed E-state index contributed by atoms with van der Waals surface area (Å²) in [7, 11) is 1.89. The third-order valence-corrected chi connectivity index (χ3v) is 3.91. The van der Waals surface area contributed by atoms with Crippen LogP contribution in [0.15, 0.2) is 35.0 Å².